The molecule has 0 aliphatic carbocycles. The summed E-state index contributed by atoms with van der Waals surface area (Å²) in [5, 5.41) is 0.354. The highest BCUT2D eigenvalue weighted by molar-refractivity contribution is 7.22. The van der Waals surface area contributed by atoms with E-state index in [4.69, 9.17) is 14.2 Å². The van der Waals surface area contributed by atoms with Gasteiger partial charge in [0.15, 0.2) is 5.13 Å². The molecular weight excluding hydrogens is 475 g/mol. The molecule has 2 aromatic rings. The van der Waals surface area contributed by atoms with Gasteiger partial charge in [0.1, 0.15) is 25.2 Å². The molecule has 0 N–H and O–H groups in total. The van der Waals surface area contributed by atoms with Crippen LogP contribution in [0.5, 0.6) is 5.75 Å². The van der Waals surface area contributed by atoms with Crippen molar-refractivity contribution in [2.45, 2.75) is 6.36 Å². The fourth-order valence-electron chi connectivity index (χ4n) is 3.17. The van der Waals surface area contributed by atoms with Crippen LogP contribution in [0, 0.1) is 0 Å². The van der Waals surface area contributed by atoms with Crippen molar-refractivity contribution in [1.82, 2.24) is 9.88 Å². The third-order valence-corrected chi connectivity index (χ3v) is 5.70. The van der Waals surface area contributed by atoms with Crippen molar-refractivity contribution < 1.29 is 36.9 Å². The highest BCUT2D eigenvalue weighted by atomic mass is 35.5. The number of morpholine rings is 1. The van der Waals surface area contributed by atoms with E-state index < -0.39 is 12.3 Å². The second-order valence-electron chi connectivity index (χ2n) is 6.79. The molecule has 176 valence electrons. The lowest BCUT2D eigenvalue weighted by Crippen LogP contribution is -2.44. The molecule has 4 rings (SSSR count). The van der Waals surface area contributed by atoms with Crippen LogP contribution >= 0.6 is 23.7 Å². The Morgan fingerprint density at radius 3 is 2.69 bits per heavy atom. The largest absolute Gasteiger partial charge is 0.573 e. The summed E-state index contributed by atoms with van der Waals surface area (Å²) in [6.07, 6.45) is -3.51. The Balaban J connectivity index is 0.00000289. The van der Waals surface area contributed by atoms with E-state index in [9.17, 15) is 18.0 Å². The normalized spacial score (nSPS) is 17.0. The standard InChI is InChI=1S/C19H20F3N3O5S.ClH/c20-19(21,22)30-13-1-2-14-16(11-13)31-18(23-14)25(4-3-24-5-7-27-8-6-24)17(26)15-12-28-9-10-29-15;/h1-2,11-12H,3-10H2;1H. The predicted molar refractivity (Wildman–Crippen MR) is 113 cm³/mol. The number of anilines is 1. The highest BCUT2D eigenvalue weighted by Crippen LogP contribution is 2.34. The molecule has 1 fully saturated rings. The lowest BCUT2D eigenvalue weighted by Gasteiger charge is -2.29. The summed E-state index contributed by atoms with van der Waals surface area (Å²) in [5.74, 6) is -0.694. The van der Waals surface area contributed by atoms with Gasteiger partial charge >= 0.3 is 6.36 Å². The molecule has 1 aromatic heterocycles. The second kappa shape index (κ2) is 10.6. The molecule has 8 nitrogen and oxygen atoms in total. The molecule has 1 amide bonds. The van der Waals surface area contributed by atoms with Crippen LogP contribution in [0.1, 0.15) is 0 Å². The van der Waals surface area contributed by atoms with E-state index in [0.29, 0.717) is 48.3 Å². The van der Waals surface area contributed by atoms with Crippen molar-refractivity contribution in [3.8, 4) is 5.75 Å². The quantitative estimate of drug-likeness (QED) is 0.609. The van der Waals surface area contributed by atoms with Gasteiger partial charge in [-0.25, -0.2) is 4.98 Å². The molecule has 1 aromatic carbocycles. The fraction of sp³-hybridized carbons (Fsp3) is 0.474. The van der Waals surface area contributed by atoms with Crippen LogP contribution in [0.25, 0.3) is 10.2 Å². The summed E-state index contributed by atoms with van der Waals surface area (Å²) in [5.41, 5.74) is 0.466. The van der Waals surface area contributed by atoms with Crippen LogP contribution in [0.3, 0.4) is 0 Å². The first-order valence-corrected chi connectivity index (χ1v) is 10.4. The van der Waals surface area contributed by atoms with Gasteiger partial charge in [0, 0.05) is 32.2 Å². The van der Waals surface area contributed by atoms with E-state index in [-0.39, 0.29) is 30.5 Å². The molecule has 2 aliphatic rings. The lowest BCUT2D eigenvalue weighted by molar-refractivity contribution is -0.274. The van der Waals surface area contributed by atoms with Gasteiger partial charge in [0.2, 0.25) is 5.76 Å². The zero-order valence-corrected chi connectivity index (χ0v) is 18.4. The molecule has 0 radical (unpaired) electrons. The summed E-state index contributed by atoms with van der Waals surface area (Å²) in [6, 6.07) is 3.88. The van der Waals surface area contributed by atoms with Crippen LogP contribution in [-0.2, 0) is 19.0 Å². The Kier molecular flexibility index (Phi) is 8.04. The molecule has 0 saturated carbocycles. The number of hydrogen-bond donors (Lipinski definition) is 0. The summed E-state index contributed by atoms with van der Waals surface area (Å²) < 4.78 is 58.0. The Morgan fingerprint density at radius 1 is 1.22 bits per heavy atom. The van der Waals surface area contributed by atoms with E-state index in [2.05, 4.69) is 14.6 Å². The van der Waals surface area contributed by atoms with Crippen molar-refractivity contribution in [1.29, 1.82) is 0 Å². The number of benzene rings is 1. The van der Waals surface area contributed by atoms with Crippen molar-refractivity contribution in [2.75, 3.05) is 57.5 Å². The molecule has 0 unspecified atom stereocenters. The van der Waals surface area contributed by atoms with Crippen LogP contribution in [0.15, 0.2) is 30.2 Å². The first kappa shape index (κ1) is 24.4. The van der Waals surface area contributed by atoms with Gasteiger partial charge in [-0.3, -0.25) is 14.6 Å². The zero-order valence-electron chi connectivity index (χ0n) is 16.8. The van der Waals surface area contributed by atoms with Crippen molar-refractivity contribution in [3.63, 3.8) is 0 Å². The SMILES string of the molecule is Cl.O=C(C1=COCCO1)N(CCN1CCOCC1)c1nc2ccc(OC(F)(F)F)cc2s1. The van der Waals surface area contributed by atoms with Gasteiger partial charge in [-0.15, -0.1) is 25.6 Å². The van der Waals surface area contributed by atoms with Crippen molar-refractivity contribution in [2.24, 2.45) is 0 Å². The third-order valence-electron chi connectivity index (χ3n) is 4.66. The van der Waals surface area contributed by atoms with Gasteiger partial charge in [0.25, 0.3) is 5.91 Å². The van der Waals surface area contributed by atoms with Crippen LogP contribution in [0.4, 0.5) is 18.3 Å². The summed E-state index contributed by atoms with van der Waals surface area (Å²) in [7, 11) is 0. The number of alkyl halides is 3. The topological polar surface area (TPSA) is 73.4 Å². The number of hydrogen-bond acceptors (Lipinski definition) is 8. The van der Waals surface area contributed by atoms with E-state index in [1.54, 1.807) is 0 Å². The number of carbonyl (C=O) groups is 1. The average Bonchev–Trinajstić information content (AvgIpc) is 3.17. The van der Waals surface area contributed by atoms with Crippen molar-refractivity contribution >= 4 is 45.0 Å². The van der Waals surface area contributed by atoms with Crippen LogP contribution < -0.4 is 9.64 Å². The first-order valence-electron chi connectivity index (χ1n) is 9.62. The molecule has 0 atom stereocenters. The molecule has 3 heterocycles. The summed E-state index contributed by atoms with van der Waals surface area (Å²) in [6.45, 7) is 4.27. The number of fused-ring (bicyclic) bond motifs is 1. The number of ether oxygens (including phenoxy) is 4. The minimum atomic E-state index is -4.79. The maximum Gasteiger partial charge on any atom is 0.573 e. The lowest BCUT2D eigenvalue weighted by atomic mass is 10.3. The Hall–Kier alpha value is -2.28. The van der Waals surface area contributed by atoms with E-state index in [1.165, 1.54) is 29.4 Å². The second-order valence-corrected chi connectivity index (χ2v) is 7.80. The number of nitrogens with zero attached hydrogens (tertiary/aromatic N) is 3. The number of halogens is 4. The maximum absolute atomic E-state index is 13.1. The van der Waals surface area contributed by atoms with Crippen LogP contribution in [0.2, 0.25) is 0 Å². The predicted octanol–water partition coefficient (Wildman–Crippen LogP) is 3.17. The van der Waals surface area contributed by atoms with E-state index in [1.807, 2.05) is 0 Å². The van der Waals surface area contributed by atoms with E-state index >= 15 is 0 Å². The highest BCUT2D eigenvalue weighted by Gasteiger charge is 2.31. The Labute approximate surface area is 191 Å². The average molecular weight is 496 g/mol. The van der Waals surface area contributed by atoms with Crippen LogP contribution in [-0.4, -0.2) is 74.8 Å². The molecule has 2 aliphatic heterocycles. The molecule has 13 heteroatoms. The maximum atomic E-state index is 13.1. The van der Waals surface area contributed by atoms with Gasteiger partial charge in [-0.05, 0) is 12.1 Å². The number of rotatable bonds is 6. The molecule has 0 spiro atoms. The Bertz CT molecular complexity index is 965. The third kappa shape index (κ3) is 6.15. The van der Waals surface area contributed by atoms with Crippen molar-refractivity contribution in [3.05, 3.63) is 30.2 Å². The molecule has 1 saturated heterocycles. The number of carbonyl (C=O) groups excluding carboxylic acids is 1. The number of amides is 1. The smallest absolute Gasteiger partial charge is 0.494 e. The molecule has 0 bridgehead atoms. The molecular formula is C19H21ClF3N3O5S. The van der Waals surface area contributed by atoms with Gasteiger partial charge in [-0.2, -0.15) is 0 Å². The Morgan fingerprint density at radius 2 is 2.00 bits per heavy atom. The van der Waals surface area contributed by atoms with Gasteiger partial charge in [-0.1, -0.05) is 11.3 Å². The summed E-state index contributed by atoms with van der Waals surface area (Å²) in [4.78, 5) is 21.2. The monoisotopic (exact) mass is 495 g/mol. The fourth-order valence-corrected chi connectivity index (χ4v) is 4.19. The first-order chi connectivity index (χ1) is 14.9. The van der Waals surface area contributed by atoms with Gasteiger partial charge in [0.05, 0.1) is 23.4 Å². The number of thiazole rings is 1. The number of aromatic nitrogens is 1. The minimum absolute atomic E-state index is 0. The van der Waals surface area contributed by atoms with E-state index in [0.717, 1.165) is 24.4 Å². The zero-order chi connectivity index (χ0) is 21.8. The minimum Gasteiger partial charge on any atom is -0.494 e. The van der Waals surface area contributed by atoms with Gasteiger partial charge < -0.3 is 18.9 Å². The molecule has 32 heavy (non-hydrogen) atoms. The summed E-state index contributed by atoms with van der Waals surface area (Å²) >= 11 is 1.10.